The quantitative estimate of drug-likeness (QED) is 0.645. The van der Waals surface area contributed by atoms with Gasteiger partial charge in [0.2, 0.25) is 0 Å². The normalized spacial score (nSPS) is 18.1. The van der Waals surface area contributed by atoms with E-state index in [0.29, 0.717) is 6.04 Å². The van der Waals surface area contributed by atoms with Gasteiger partial charge < -0.3 is 9.55 Å². The summed E-state index contributed by atoms with van der Waals surface area (Å²) in [6, 6.07) is 17.5. The number of rotatable bonds is 1. The van der Waals surface area contributed by atoms with Gasteiger partial charge in [-0.2, -0.15) is 0 Å². The van der Waals surface area contributed by atoms with E-state index < -0.39 is 0 Å². The molecule has 1 unspecified atom stereocenters. The fourth-order valence-electron chi connectivity index (χ4n) is 3.38. The van der Waals surface area contributed by atoms with E-state index in [2.05, 4.69) is 52.0 Å². The summed E-state index contributed by atoms with van der Waals surface area (Å²) in [5.74, 6) is 0. The molecule has 2 aromatic carbocycles. The molecule has 0 amide bonds. The third-order valence-electron chi connectivity index (χ3n) is 4.27. The first-order valence-corrected chi connectivity index (χ1v) is 7.52. The second kappa shape index (κ2) is 4.60. The average Bonchev–Trinajstić information content (AvgIpc) is 2.82. The summed E-state index contributed by atoms with van der Waals surface area (Å²) in [5, 5.41) is 0. The molecule has 0 radical (unpaired) electrons. The maximum Gasteiger partial charge on any atom is 0.178 e. The van der Waals surface area contributed by atoms with Crippen LogP contribution in [0.25, 0.3) is 11.0 Å². The number of imidazole rings is 1. The van der Waals surface area contributed by atoms with Crippen LogP contribution in [0.5, 0.6) is 0 Å². The number of nitrogens with one attached hydrogen (secondary N) is 1. The fourth-order valence-corrected chi connectivity index (χ4v) is 3.72. The largest absolute Gasteiger partial charge is 0.331 e. The van der Waals surface area contributed by atoms with Crippen molar-refractivity contribution in [2.45, 2.75) is 25.3 Å². The van der Waals surface area contributed by atoms with Crippen LogP contribution < -0.4 is 0 Å². The second-order valence-corrected chi connectivity index (χ2v) is 5.81. The molecule has 2 nitrogen and oxygen atoms in total. The number of benzene rings is 2. The lowest BCUT2D eigenvalue weighted by molar-refractivity contribution is 0.495. The van der Waals surface area contributed by atoms with E-state index in [-0.39, 0.29) is 0 Å². The van der Waals surface area contributed by atoms with Crippen LogP contribution in [-0.4, -0.2) is 9.55 Å². The summed E-state index contributed by atoms with van der Waals surface area (Å²) in [6.07, 6.45) is 3.57. The minimum absolute atomic E-state index is 0.364. The molecule has 1 aliphatic rings. The highest BCUT2D eigenvalue weighted by atomic mass is 32.1. The number of H-pyrrole nitrogens is 1. The van der Waals surface area contributed by atoms with E-state index >= 15 is 0 Å². The molecule has 0 aliphatic heterocycles. The molecule has 1 aliphatic carbocycles. The number of aromatic nitrogens is 2. The summed E-state index contributed by atoms with van der Waals surface area (Å²) in [6.45, 7) is 0. The minimum atomic E-state index is 0.364. The van der Waals surface area contributed by atoms with Crippen LogP contribution in [0.4, 0.5) is 0 Å². The molecular weight excluding hydrogens is 264 g/mol. The molecule has 1 N–H and O–H groups in total. The van der Waals surface area contributed by atoms with Crippen molar-refractivity contribution in [1.82, 2.24) is 9.55 Å². The van der Waals surface area contributed by atoms with Gasteiger partial charge in [0.25, 0.3) is 0 Å². The van der Waals surface area contributed by atoms with Gasteiger partial charge in [-0.25, -0.2) is 0 Å². The predicted molar refractivity (Wildman–Crippen MR) is 84.6 cm³/mol. The Hall–Kier alpha value is -1.87. The minimum Gasteiger partial charge on any atom is -0.331 e. The van der Waals surface area contributed by atoms with Crippen LogP contribution in [0.2, 0.25) is 0 Å². The predicted octanol–water partition coefficient (Wildman–Crippen LogP) is 4.62. The molecule has 1 heterocycles. The van der Waals surface area contributed by atoms with E-state index in [1.807, 2.05) is 6.07 Å². The molecule has 20 heavy (non-hydrogen) atoms. The summed E-state index contributed by atoms with van der Waals surface area (Å²) in [5.41, 5.74) is 5.23. The number of nitrogens with zero attached hydrogens (tertiary/aromatic N) is 1. The van der Waals surface area contributed by atoms with Gasteiger partial charge in [0.1, 0.15) is 0 Å². The Balaban J connectivity index is 1.97. The van der Waals surface area contributed by atoms with Crippen molar-refractivity contribution >= 4 is 23.3 Å². The molecule has 0 bridgehead atoms. The lowest BCUT2D eigenvalue weighted by Gasteiger charge is -2.27. The third-order valence-corrected chi connectivity index (χ3v) is 4.57. The zero-order valence-electron chi connectivity index (χ0n) is 11.2. The van der Waals surface area contributed by atoms with Crippen LogP contribution in [-0.2, 0) is 6.42 Å². The number of aryl methyl sites for hydroxylation is 1. The van der Waals surface area contributed by atoms with Crippen molar-refractivity contribution in [3.05, 3.63) is 64.4 Å². The molecule has 3 aromatic rings. The molecule has 0 saturated heterocycles. The number of para-hydroxylation sites is 2. The Morgan fingerprint density at radius 1 is 1.05 bits per heavy atom. The summed E-state index contributed by atoms with van der Waals surface area (Å²) in [4.78, 5) is 3.33. The third kappa shape index (κ3) is 1.74. The Morgan fingerprint density at radius 3 is 2.80 bits per heavy atom. The van der Waals surface area contributed by atoms with Crippen molar-refractivity contribution in [2.24, 2.45) is 0 Å². The smallest absolute Gasteiger partial charge is 0.178 e. The van der Waals surface area contributed by atoms with E-state index in [9.17, 15) is 0 Å². The van der Waals surface area contributed by atoms with Gasteiger partial charge in [-0.1, -0.05) is 36.4 Å². The van der Waals surface area contributed by atoms with Crippen LogP contribution in [0.3, 0.4) is 0 Å². The number of fused-ring (bicyclic) bond motifs is 2. The first kappa shape index (κ1) is 11.9. The highest BCUT2D eigenvalue weighted by Crippen LogP contribution is 2.35. The number of hydrogen-bond acceptors (Lipinski definition) is 1. The van der Waals surface area contributed by atoms with Crippen molar-refractivity contribution in [2.75, 3.05) is 0 Å². The average molecular weight is 280 g/mol. The molecule has 4 rings (SSSR count). The first-order valence-electron chi connectivity index (χ1n) is 7.11. The van der Waals surface area contributed by atoms with Crippen molar-refractivity contribution in [3.8, 4) is 0 Å². The lowest BCUT2D eigenvalue weighted by Crippen LogP contribution is -2.17. The topological polar surface area (TPSA) is 20.7 Å². The highest BCUT2D eigenvalue weighted by molar-refractivity contribution is 7.71. The molecular formula is C17H16N2S. The van der Waals surface area contributed by atoms with Gasteiger partial charge in [-0.15, -0.1) is 0 Å². The number of aromatic amines is 1. The van der Waals surface area contributed by atoms with Gasteiger partial charge >= 0.3 is 0 Å². The van der Waals surface area contributed by atoms with Gasteiger partial charge in [-0.3, -0.25) is 0 Å². The molecule has 1 aromatic heterocycles. The summed E-state index contributed by atoms with van der Waals surface area (Å²) in [7, 11) is 0. The zero-order chi connectivity index (χ0) is 13.5. The monoisotopic (exact) mass is 280 g/mol. The van der Waals surface area contributed by atoms with Crippen LogP contribution in [0.15, 0.2) is 48.5 Å². The molecule has 0 spiro atoms. The molecule has 3 heteroatoms. The SMILES string of the molecule is S=c1[nH]c2ccccc2n1C1CCCc2ccccc21. The maximum atomic E-state index is 5.57. The second-order valence-electron chi connectivity index (χ2n) is 5.42. The Bertz CT molecular complexity index is 828. The van der Waals surface area contributed by atoms with Gasteiger partial charge in [0.05, 0.1) is 17.1 Å². The molecule has 1 atom stereocenters. The van der Waals surface area contributed by atoms with Gasteiger partial charge in [0, 0.05) is 0 Å². The molecule has 0 fully saturated rings. The number of hydrogen-bond donors (Lipinski definition) is 1. The van der Waals surface area contributed by atoms with Crippen LogP contribution in [0, 0.1) is 4.77 Å². The molecule has 100 valence electrons. The Morgan fingerprint density at radius 2 is 1.85 bits per heavy atom. The van der Waals surface area contributed by atoms with Crippen molar-refractivity contribution in [1.29, 1.82) is 0 Å². The van der Waals surface area contributed by atoms with Crippen molar-refractivity contribution in [3.63, 3.8) is 0 Å². The van der Waals surface area contributed by atoms with Crippen LogP contribution in [0.1, 0.15) is 30.0 Å². The van der Waals surface area contributed by atoms with Gasteiger partial charge in [-0.05, 0) is 54.7 Å². The van der Waals surface area contributed by atoms with Crippen molar-refractivity contribution < 1.29 is 0 Å². The van der Waals surface area contributed by atoms with E-state index in [4.69, 9.17) is 12.2 Å². The zero-order valence-corrected chi connectivity index (χ0v) is 12.0. The lowest BCUT2D eigenvalue weighted by atomic mass is 9.87. The highest BCUT2D eigenvalue weighted by Gasteiger charge is 2.23. The van der Waals surface area contributed by atoms with E-state index in [1.165, 1.54) is 29.5 Å². The van der Waals surface area contributed by atoms with E-state index in [1.54, 1.807) is 0 Å². The Kier molecular flexibility index (Phi) is 2.74. The first-order chi connectivity index (χ1) is 9.84. The maximum absolute atomic E-state index is 5.57. The fraction of sp³-hybridized carbons (Fsp3) is 0.235. The van der Waals surface area contributed by atoms with Gasteiger partial charge in [0.15, 0.2) is 4.77 Å². The summed E-state index contributed by atoms with van der Waals surface area (Å²) < 4.78 is 3.12. The van der Waals surface area contributed by atoms with E-state index in [0.717, 1.165) is 16.7 Å². The molecule has 0 saturated carbocycles. The van der Waals surface area contributed by atoms with Crippen LogP contribution >= 0.6 is 12.2 Å². The summed E-state index contributed by atoms with van der Waals surface area (Å²) >= 11 is 5.57. The standard InChI is InChI=1S/C17H16N2S/c20-17-18-14-9-3-4-10-16(14)19(17)15-11-5-7-12-6-1-2-8-13(12)15/h1-4,6,8-10,15H,5,7,11H2,(H,18,20). The Labute approximate surface area is 123 Å².